The Hall–Kier alpha value is -2.59. The highest BCUT2D eigenvalue weighted by Crippen LogP contribution is 2.22. The largest absolute Gasteiger partial charge is 0.493 e. The number of fused-ring (bicyclic) bond motifs is 1. The zero-order chi connectivity index (χ0) is 19.0. The van der Waals surface area contributed by atoms with Gasteiger partial charge in [-0.1, -0.05) is 36.8 Å². The van der Waals surface area contributed by atoms with Crippen LogP contribution in [0.5, 0.6) is 5.75 Å². The van der Waals surface area contributed by atoms with E-state index in [1.807, 2.05) is 54.6 Å². The van der Waals surface area contributed by atoms with Crippen molar-refractivity contribution in [1.82, 2.24) is 9.88 Å². The second-order valence-corrected chi connectivity index (χ2v) is 7.35. The lowest BCUT2D eigenvalue weighted by Crippen LogP contribution is -2.30. The van der Waals surface area contributed by atoms with Crippen molar-refractivity contribution in [2.75, 3.05) is 26.2 Å². The Kier molecular flexibility index (Phi) is 6.40. The third kappa shape index (κ3) is 5.02. The highest BCUT2D eigenvalue weighted by molar-refractivity contribution is 5.76. The van der Waals surface area contributed by atoms with Gasteiger partial charge in [0.1, 0.15) is 11.3 Å². The molecule has 4 nitrogen and oxygen atoms in total. The zero-order valence-electron chi connectivity index (χ0n) is 16.3. The second kappa shape index (κ2) is 9.56. The van der Waals surface area contributed by atoms with Gasteiger partial charge in [-0.25, -0.2) is 4.98 Å². The van der Waals surface area contributed by atoms with E-state index in [-0.39, 0.29) is 0 Å². The van der Waals surface area contributed by atoms with Crippen LogP contribution in [0, 0.1) is 0 Å². The normalized spacial score (nSPS) is 15.4. The van der Waals surface area contributed by atoms with Gasteiger partial charge in [0.2, 0.25) is 5.89 Å². The molecule has 1 aromatic heterocycles. The van der Waals surface area contributed by atoms with E-state index in [1.165, 1.54) is 45.3 Å². The highest BCUT2D eigenvalue weighted by atomic mass is 16.5. The molecule has 0 radical (unpaired) electrons. The summed E-state index contributed by atoms with van der Waals surface area (Å²) in [5, 5.41) is 0. The first-order valence-corrected chi connectivity index (χ1v) is 10.4. The Morgan fingerprint density at radius 3 is 2.64 bits per heavy atom. The summed E-state index contributed by atoms with van der Waals surface area (Å²) in [6.45, 7) is 4.48. The fourth-order valence-corrected chi connectivity index (χ4v) is 3.67. The van der Waals surface area contributed by atoms with Gasteiger partial charge in [-0.15, -0.1) is 0 Å². The van der Waals surface area contributed by atoms with Crippen LogP contribution in [-0.4, -0.2) is 36.1 Å². The lowest BCUT2D eigenvalue weighted by Gasteiger charge is -2.26. The molecule has 1 aliphatic heterocycles. The van der Waals surface area contributed by atoms with Crippen LogP contribution in [0.4, 0.5) is 0 Å². The molecule has 0 atom stereocenters. The number of nitrogens with zero attached hydrogens (tertiary/aromatic N) is 2. The van der Waals surface area contributed by atoms with E-state index in [4.69, 9.17) is 9.15 Å². The summed E-state index contributed by atoms with van der Waals surface area (Å²) in [7, 11) is 0. The molecular formula is C24H28N2O2. The minimum absolute atomic E-state index is 0.609. The summed E-state index contributed by atoms with van der Waals surface area (Å²) in [5.41, 5.74) is 2.72. The number of likely N-dealkylation sites (tertiary alicyclic amines) is 1. The van der Waals surface area contributed by atoms with Gasteiger partial charge >= 0.3 is 0 Å². The number of benzene rings is 2. The first-order chi connectivity index (χ1) is 13.9. The average molecular weight is 376 g/mol. The fraction of sp³-hybridized carbons (Fsp3) is 0.375. The third-order valence-corrected chi connectivity index (χ3v) is 5.21. The van der Waals surface area contributed by atoms with Crippen molar-refractivity contribution in [3.05, 3.63) is 60.0 Å². The van der Waals surface area contributed by atoms with Gasteiger partial charge in [0.15, 0.2) is 5.58 Å². The zero-order valence-corrected chi connectivity index (χ0v) is 16.3. The number of hydrogen-bond donors (Lipinski definition) is 0. The van der Waals surface area contributed by atoms with Gasteiger partial charge in [-0.2, -0.15) is 0 Å². The smallest absolute Gasteiger partial charge is 0.220 e. The molecule has 2 heterocycles. The number of aromatic nitrogens is 1. The quantitative estimate of drug-likeness (QED) is 0.477. The van der Waals surface area contributed by atoms with Gasteiger partial charge in [0, 0.05) is 11.6 Å². The molecule has 0 amide bonds. The number of ether oxygens (including phenoxy) is 1. The van der Waals surface area contributed by atoms with E-state index >= 15 is 0 Å². The molecule has 28 heavy (non-hydrogen) atoms. The SMILES string of the molecule is C(=Cc1ccccc1OCCCCN1CCCCC1)c1nc2ccccc2o1. The molecule has 3 aromatic rings. The number of piperidine rings is 1. The molecule has 0 unspecified atom stereocenters. The summed E-state index contributed by atoms with van der Waals surface area (Å²) in [5.74, 6) is 1.52. The fourth-order valence-electron chi connectivity index (χ4n) is 3.67. The lowest BCUT2D eigenvalue weighted by molar-refractivity contribution is 0.216. The molecular weight excluding hydrogens is 348 g/mol. The number of para-hydroxylation sites is 3. The summed E-state index contributed by atoms with van der Waals surface area (Å²) in [6.07, 6.45) is 10.3. The predicted octanol–water partition coefficient (Wildman–Crippen LogP) is 5.64. The Morgan fingerprint density at radius 2 is 1.75 bits per heavy atom. The van der Waals surface area contributed by atoms with Crippen LogP contribution in [0.25, 0.3) is 23.3 Å². The van der Waals surface area contributed by atoms with Crippen LogP contribution in [0.2, 0.25) is 0 Å². The molecule has 2 aromatic carbocycles. The maximum absolute atomic E-state index is 6.05. The standard InChI is InChI=1S/C24H28N2O2/c1-6-16-26(17-7-1)18-8-9-19-27-22-12-4-2-10-20(22)14-15-24-25-21-11-3-5-13-23(21)28-24/h2-5,10-15H,1,6-9,16-19H2. The van der Waals surface area contributed by atoms with Crippen LogP contribution >= 0.6 is 0 Å². The number of hydrogen-bond acceptors (Lipinski definition) is 4. The van der Waals surface area contributed by atoms with E-state index in [1.54, 1.807) is 0 Å². The molecule has 0 spiro atoms. The first-order valence-electron chi connectivity index (χ1n) is 10.4. The Balaban J connectivity index is 1.30. The minimum atomic E-state index is 0.609. The van der Waals surface area contributed by atoms with E-state index in [0.29, 0.717) is 5.89 Å². The lowest BCUT2D eigenvalue weighted by atomic mass is 10.1. The molecule has 4 rings (SSSR count). The van der Waals surface area contributed by atoms with Gasteiger partial charge in [0.05, 0.1) is 6.61 Å². The molecule has 0 saturated carbocycles. The highest BCUT2D eigenvalue weighted by Gasteiger charge is 2.09. The maximum atomic E-state index is 6.05. The molecule has 1 aliphatic rings. The summed E-state index contributed by atoms with van der Waals surface area (Å²) in [6, 6.07) is 15.9. The van der Waals surface area contributed by atoms with Crippen LogP contribution in [0.3, 0.4) is 0 Å². The molecule has 0 aliphatic carbocycles. The Labute approximate surface area is 166 Å². The number of rotatable bonds is 8. The second-order valence-electron chi connectivity index (χ2n) is 7.35. The van der Waals surface area contributed by atoms with Crippen molar-refractivity contribution >= 4 is 23.3 Å². The van der Waals surface area contributed by atoms with E-state index in [2.05, 4.69) is 16.0 Å². The summed E-state index contributed by atoms with van der Waals surface area (Å²) >= 11 is 0. The van der Waals surface area contributed by atoms with Crippen molar-refractivity contribution in [1.29, 1.82) is 0 Å². The van der Waals surface area contributed by atoms with Gasteiger partial charge in [-0.05, 0) is 69.6 Å². The number of unbranched alkanes of at least 4 members (excludes halogenated alkanes) is 1. The van der Waals surface area contributed by atoms with Crippen molar-refractivity contribution < 1.29 is 9.15 Å². The van der Waals surface area contributed by atoms with Crippen molar-refractivity contribution in [2.24, 2.45) is 0 Å². The van der Waals surface area contributed by atoms with Crippen molar-refractivity contribution in [2.45, 2.75) is 32.1 Å². The van der Waals surface area contributed by atoms with Crippen LogP contribution in [0.1, 0.15) is 43.6 Å². The molecule has 0 bridgehead atoms. The Morgan fingerprint density at radius 1 is 0.929 bits per heavy atom. The molecule has 0 N–H and O–H groups in total. The first kappa shape index (κ1) is 18.8. The van der Waals surface area contributed by atoms with E-state index < -0.39 is 0 Å². The Bertz CT molecular complexity index is 877. The van der Waals surface area contributed by atoms with Crippen LogP contribution < -0.4 is 4.74 Å². The van der Waals surface area contributed by atoms with Gasteiger partial charge in [-0.3, -0.25) is 0 Å². The third-order valence-electron chi connectivity index (χ3n) is 5.21. The van der Waals surface area contributed by atoms with Crippen LogP contribution in [0.15, 0.2) is 52.9 Å². The summed E-state index contributed by atoms with van der Waals surface area (Å²) in [4.78, 5) is 7.07. The van der Waals surface area contributed by atoms with Crippen molar-refractivity contribution in [3.63, 3.8) is 0 Å². The summed E-state index contributed by atoms with van der Waals surface area (Å²) < 4.78 is 11.8. The maximum Gasteiger partial charge on any atom is 0.220 e. The average Bonchev–Trinajstić information content (AvgIpc) is 3.16. The molecule has 1 fully saturated rings. The van der Waals surface area contributed by atoms with Gasteiger partial charge < -0.3 is 14.1 Å². The number of oxazole rings is 1. The van der Waals surface area contributed by atoms with Gasteiger partial charge in [0.25, 0.3) is 0 Å². The van der Waals surface area contributed by atoms with Crippen molar-refractivity contribution in [3.8, 4) is 5.75 Å². The minimum Gasteiger partial charge on any atom is -0.493 e. The molecule has 1 saturated heterocycles. The molecule has 4 heteroatoms. The van der Waals surface area contributed by atoms with Crippen LogP contribution in [-0.2, 0) is 0 Å². The van der Waals surface area contributed by atoms with E-state index in [0.717, 1.165) is 35.4 Å². The monoisotopic (exact) mass is 376 g/mol. The van der Waals surface area contributed by atoms with E-state index in [9.17, 15) is 0 Å². The predicted molar refractivity (Wildman–Crippen MR) is 114 cm³/mol. The topological polar surface area (TPSA) is 38.5 Å². The molecule has 146 valence electrons.